The Bertz CT molecular complexity index is 922. The van der Waals surface area contributed by atoms with E-state index in [2.05, 4.69) is 15.8 Å². The first-order valence-electron chi connectivity index (χ1n) is 8.25. The van der Waals surface area contributed by atoms with Gasteiger partial charge in [0.2, 0.25) is 0 Å². The minimum absolute atomic E-state index is 0.143. The molecule has 10 nitrogen and oxygen atoms in total. The van der Waals surface area contributed by atoms with Crippen LogP contribution in [0, 0.1) is 0 Å². The van der Waals surface area contributed by atoms with Gasteiger partial charge in [-0.05, 0) is 11.4 Å². The number of carbonyl (C=O) groups is 2. The number of nitrogens with zero attached hydrogens (tertiary/aromatic N) is 3. The second kappa shape index (κ2) is 8.96. The van der Waals surface area contributed by atoms with Crippen molar-refractivity contribution < 1.29 is 22.7 Å². The maximum absolute atomic E-state index is 12.3. The van der Waals surface area contributed by atoms with Crippen molar-refractivity contribution in [3.8, 4) is 0 Å². The molecule has 0 spiro atoms. The molecule has 2 aromatic rings. The molecule has 152 valence electrons. The van der Waals surface area contributed by atoms with Crippen molar-refractivity contribution in [2.24, 2.45) is 0 Å². The lowest BCUT2D eigenvalue weighted by molar-refractivity contribution is -0.121. The van der Waals surface area contributed by atoms with Crippen molar-refractivity contribution in [2.75, 3.05) is 44.8 Å². The maximum Gasteiger partial charge on any atom is 0.289 e. The quantitative estimate of drug-likeness (QED) is 0.606. The molecule has 0 bridgehead atoms. The average molecular weight is 446 g/mol. The van der Waals surface area contributed by atoms with E-state index in [-0.39, 0.29) is 9.90 Å². The highest BCUT2D eigenvalue weighted by molar-refractivity contribution is 7.91. The third kappa shape index (κ3) is 4.86. The first kappa shape index (κ1) is 20.7. The summed E-state index contributed by atoms with van der Waals surface area (Å²) in [6.45, 7) is 2.20. The van der Waals surface area contributed by atoms with Gasteiger partial charge in [0, 0.05) is 25.5 Å². The Morgan fingerprint density at radius 3 is 2.71 bits per heavy atom. The largest absolute Gasteiger partial charge is 0.378 e. The zero-order valence-electron chi connectivity index (χ0n) is 15.0. The monoisotopic (exact) mass is 445 g/mol. The molecular formula is C15H19N5O5S3. The van der Waals surface area contributed by atoms with Crippen molar-refractivity contribution in [2.45, 2.75) is 4.21 Å². The number of amides is 2. The van der Waals surface area contributed by atoms with Crippen LogP contribution in [0.2, 0.25) is 0 Å². The summed E-state index contributed by atoms with van der Waals surface area (Å²) in [6, 6.07) is 3.08. The first-order valence-corrected chi connectivity index (χ1v) is 11.4. The molecule has 1 saturated heterocycles. The molecule has 1 aliphatic rings. The van der Waals surface area contributed by atoms with E-state index in [0.717, 1.165) is 15.6 Å². The number of sulfonamides is 1. The molecule has 3 rings (SSSR count). The lowest BCUT2D eigenvalue weighted by atomic mass is 10.4. The first-order chi connectivity index (χ1) is 13.4. The third-order valence-corrected chi connectivity index (χ3v) is 7.93. The summed E-state index contributed by atoms with van der Waals surface area (Å²) in [5, 5.41) is 3.95. The number of ether oxygens (including phenoxy) is 1. The number of likely N-dealkylation sites (N-methyl/N-ethyl adjacent to an activating group) is 1. The molecule has 1 fully saturated rings. The molecule has 2 amide bonds. The summed E-state index contributed by atoms with van der Waals surface area (Å²) in [4.78, 5) is 30.4. The van der Waals surface area contributed by atoms with E-state index in [0.29, 0.717) is 31.4 Å². The van der Waals surface area contributed by atoms with E-state index in [1.54, 1.807) is 16.8 Å². The Labute approximate surface area is 170 Å². The number of anilines is 1. The highest BCUT2D eigenvalue weighted by Crippen LogP contribution is 2.21. The van der Waals surface area contributed by atoms with Crippen LogP contribution < -0.4 is 15.8 Å². The van der Waals surface area contributed by atoms with Crippen molar-refractivity contribution in [1.82, 2.24) is 20.1 Å². The van der Waals surface area contributed by atoms with E-state index < -0.39 is 28.4 Å². The van der Waals surface area contributed by atoms with Crippen molar-refractivity contribution in [3.05, 3.63) is 28.6 Å². The number of hydrogen-bond acceptors (Lipinski definition) is 9. The molecule has 0 radical (unpaired) electrons. The Morgan fingerprint density at radius 1 is 1.29 bits per heavy atom. The number of aromatic nitrogens is 1. The van der Waals surface area contributed by atoms with Gasteiger partial charge in [0.25, 0.3) is 21.8 Å². The summed E-state index contributed by atoms with van der Waals surface area (Å²) in [7, 11) is -2.44. The number of thiophene rings is 1. The number of nitrogens with one attached hydrogen (secondary N) is 2. The van der Waals surface area contributed by atoms with E-state index in [1.807, 2.05) is 4.90 Å². The molecule has 2 N–H and O–H groups in total. The van der Waals surface area contributed by atoms with E-state index in [4.69, 9.17) is 4.74 Å². The summed E-state index contributed by atoms with van der Waals surface area (Å²) < 4.78 is 30.9. The van der Waals surface area contributed by atoms with Crippen LogP contribution in [0.4, 0.5) is 5.13 Å². The third-order valence-electron chi connectivity index (χ3n) is 3.85. The smallest absolute Gasteiger partial charge is 0.289 e. The molecule has 0 unspecified atom stereocenters. The van der Waals surface area contributed by atoms with Crippen LogP contribution in [0.1, 0.15) is 10.5 Å². The van der Waals surface area contributed by atoms with E-state index in [9.17, 15) is 18.0 Å². The van der Waals surface area contributed by atoms with Crippen LogP contribution in [0.15, 0.2) is 27.1 Å². The molecule has 0 atom stereocenters. The molecule has 1 aliphatic heterocycles. The van der Waals surface area contributed by atoms with Crippen LogP contribution in [-0.2, 0) is 19.6 Å². The van der Waals surface area contributed by atoms with Crippen molar-refractivity contribution in [1.29, 1.82) is 0 Å². The fourth-order valence-electron chi connectivity index (χ4n) is 2.35. The zero-order valence-corrected chi connectivity index (χ0v) is 17.4. The van der Waals surface area contributed by atoms with Crippen molar-refractivity contribution >= 4 is 49.6 Å². The number of carbonyl (C=O) groups excluding carboxylic acids is 2. The topological polar surface area (TPSA) is 121 Å². The van der Waals surface area contributed by atoms with Crippen LogP contribution >= 0.6 is 22.7 Å². The van der Waals surface area contributed by atoms with Crippen molar-refractivity contribution in [3.63, 3.8) is 0 Å². The predicted molar refractivity (Wildman–Crippen MR) is 105 cm³/mol. The second-order valence-electron chi connectivity index (χ2n) is 5.81. The van der Waals surface area contributed by atoms with Gasteiger partial charge in [-0.15, -0.1) is 22.7 Å². The molecular weight excluding hydrogens is 426 g/mol. The predicted octanol–water partition coefficient (Wildman–Crippen LogP) is 0.123. The molecule has 3 heterocycles. The average Bonchev–Trinajstić information content (AvgIpc) is 3.39. The molecule has 0 aliphatic carbocycles. The standard InChI is InChI=1S/C15H19N5O5S3/c1-19(28(23,24)13-3-2-8-26-13)9-12(21)17-18-14(22)11-10-27-15(16-11)20-4-6-25-7-5-20/h2-3,8,10H,4-7,9H2,1H3,(H,17,21)(H,18,22). The zero-order chi connectivity index (χ0) is 20.1. The highest BCUT2D eigenvalue weighted by atomic mass is 32.2. The summed E-state index contributed by atoms with van der Waals surface area (Å²) >= 11 is 2.40. The minimum atomic E-state index is -3.74. The molecule has 28 heavy (non-hydrogen) atoms. The summed E-state index contributed by atoms with van der Waals surface area (Å²) in [5.41, 5.74) is 4.63. The van der Waals surface area contributed by atoms with Gasteiger partial charge >= 0.3 is 0 Å². The summed E-state index contributed by atoms with van der Waals surface area (Å²) in [6.07, 6.45) is 0. The Balaban J connectivity index is 1.50. The lowest BCUT2D eigenvalue weighted by Gasteiger charge is -2.25. The maximum atomic E-state index is 12.3. The van der Waals surface area contributed by atoms with E-state index in [1.165, 1.54) is 24.5 Å². The van der Waals surface area contributed by atoms with E-state index >= 15 is 0 Å². The van der Waals surface area contributed by atoms with Crippen LogP contribution in [0.25, 0.3) is 0 Å². The lowest BCUT2D eigenvalue weighted by Crippen LogP contribution is -2.46. The number of hydrazine groups is 1. The number of morpholine rings is 1. The van der Waals surface area contributed by atoms with Gasteiger partial charge in [-0.1, -0.05) is 6.07 Å². The normalized spacial score (nSPS) is 14.9. The van der Waals surface area contributed by atoms with Crippen LogP contribution in [0.5, 0.6) is 0 Å². The Kier molecular flexibility index (Phi) is 6.61. The van der Waals surface area contributed by atoms with Crippen LogP contribution in [-0.4, -0.2) is 69.4 Å². The Morgan fingerprint density at radius 2 is 2.04 bits per heavy atom. The highest BCUT2D eigenvalue weighted by Gasteiger charge is 2.24. The molecule has 0 saturated carbocycles. The number of rotatable bonds is 6. The van der Waals surface area contributed by atoms with Crippen LogP contribution in [0.3, 0.4) is 0 Å². The second-order valence-corrected chi connectivity index (χ2v) is 9.87. The van der Waals surface area contributed by atoms with Gasteiger partial charge in [-0.2, -0.15) is 4.31 Å². The molecule has 13 heteroatoms. The summed E-state index contributed by atoms with van der Waals surface area (Å²) in [5.74, 6) is -1.24. The fraction of sp³-hybridized carbons (Fsp3) is 0.400. The Hall–Kier alpha value is -2.06. The molecule has 2 aromatic heterocycles. The molecule has 0 aromatic carbocycles. The number of thiazole rings is 1. The van der Waals surface area contributed by atoms with Gasteiger partial charge < -0.3 is 9.64 Å². The SMILES string of the molecule is CN(CC(=O)NNC(=O)c1csc(N2CCOCC2)n1)S(=O)(=O)c1cccs1. The van der Waals surface area contributed by atoms with Gasteiger partial charge in [-0.25, -0.2) is 13.4 Å². The number of hydrogen-bond donors (Lipinski definition) is 2. The fourth-order valence-corrected chi connectivity index (χ4v) is 5.54. The minimum Gasteiger partial charge on any atom is -0.378 e. The van der Waals surface area contributed by atoms with Gasteiger partial charge in [0.15, 0.2) is 5.13 Å². The van der Waals surface area contributed by atoms with Gasteiger partial charge in [0.1, 0.15) is 9.90 Å². The van der Waals surface area contributed by atoms with Gasteiger partial charge in [-0.3, -0.25) is 20.4 Å². The van der Waals surface area contributed by atoms with Gasteiger partial charge in [0.05, 0.1) is 19.8 Å².